The smallest absolute Gasteiger partial charge is 0.255 e. The third-order valence-electron chi connectivity index (χ3n) is 6.20. The van der Waals surface area contributed by atoms with Crippen LogP contribution in [0.3, 0.4) is 0 Å². The minimum Gasteiger partial charge on any atom is -0.378 e. The first-order valence-corrected chi connectivity index (χ1v) is 12.0. The Hall–Kier alpha value is -4.70. The maximum Gasteiger partial charge on any atom is 0.255 e. The highest BCUT2D eigenvalue weighted by Crippen LogP contribution is 2.29. The predicted octanol–water partition coefficient (Wildman–Crippen LogP) is 3.80. The van der Waals surface area contributed by atoms with Crippen molar-refractivity contribution in [2.24, 2.45) is 0 Å². The summed E-state index contributed by atoms with van der Waals surface area (Å²) in [5, 5.41) is 8.51. The van der Waals surface area contributed by atoms with Gasteiger partial charge in [-0.25, -0.2) is 19.6 Å². The molecule has 1 N–H and O–H groups in total. The first-order valence-electron chi connectivity index (χ1n) is 12.0. The Bertz CT molecular complexity index is 1580. The Kier molecular flexibility index (Phi) is 5.99. The number of anilines is 2. The first-order chi connectivity index (χ1) is 18.1. The van der Waals surface area contributed by atoms with E-state index < -0.39 is 0 Å². The van der Waals surface area contributed by atoms with Crippen LogP contribution < -0.4 is 5.32 Å². The van der Waals surface area contributed by atoms with Crippen molar-refractivity contribution in [1.82, 2.24) is 34.6 Å². The standard InChI is InChI=1S/C27H24N8O2/c1-18-30-17-35(33-18)23-7-5-22(6-8-23)31-27-29-16-19-3-2-4-24(25(19)32-27)20-13-21(15-28-14-20)26(36)34-9-11-37-12-10-34/h2-8,13-17H,9-12H2,1H3,(H,29,31,32). The van der Waals surface area contributed by atoms with E-state index in [2.05, 4.69) is 25.4 Å². The van der Waals surface area contributed by atoms with Gasteiger partial charge in [-0.15, -0.1) is 0 Å². The van der Waals surface area contributed by atoms with Gasteiger partial charge in [0.15, 0.2) is 0 Å². The largest absolute Gasteiger partial charge is 0.378 e. The van der Waals surface area contributed by atoms with Crippen LogP contribution in [0.15, 0.2) is 73.4 Å². The molecule has 0 aliphatic carbocycles. The van der Waals surface area contributed by atoms with Crippen molar-refractivity contribution >= 4 is 28.4 Å². The fourth-order valence-electron chi connectivity index (χ4n) is 4.30. The number of nitrogens with zero attached hydrogens (tertiary/aromatic N) is 7. The van der Waals surface area contributed by atoms with Crippen molar-refractivity contribution in [2.75, 3.05) is 31.6 Å². The molecular weight excluding hydrogens is 468 g/mol. The van der Waals surface area contributed by atoms with Crippen molar-refractivity contribution in [3.63, 3.8) is 0 Å². The number of pyridine rings is 1. The number of aryl methyl sites for hydroxylation is 1. The zero-order valence-electron chi connectivity index (χ0n) is 20.2. The number of benzene rings is 2. The number of nitrogens with one attached hydrogen (secondary N) is 1. The van der Waals surface area contributed by atoms with Crippen molar-refractivity contribution < 1.29 is 9.53 Å². The second-order valence-corrected chi connectivity index (χ2v) is 8.71. The second kappa shape index (κ2) is 9.75. The first kappa shape index (κ1) is 22.7. The normalized spacial score (nSPS) is 13.6. The van der Waals surface area contributed by atoms with E-state index in [0.29, 0.717) is 43.6 Å². The van der Waals surface area contributed by atoms with Gasteiger partial charge in [-0.3, -0.25) is 9.78 Å². The Morgan fingerprint density at radius 3 is 2.62 bits per heavy atom. The quantitative estimate of drug-likeness (QED) is 0.394. The van der Waals surface area contributed by atoms with E-state index in [9.17, 15) is 4.79 Å². The summed E-state index contributed by atoms with van der Waals surface area (Å²) in [6.45, 7) is 4.12. The number of hydrogen-bond donors (Lipinski definition) is 1. The third-order valence-corrected chi connectivity index (χ3v) is 6.20. The molecule has 4 heterocycles. The van der Waals surface area contributed by atoms with Gasteiger partial charge in [0.25, 0.3) is 5.91 Å². The number of para-hydroxylation sites is 1. The van der Waals surface area contributed by atoms with Crippen LogP contribution >= 0.6 is 0 Å². The lowest BCUT2D eigenvalue weighted by molar-refractivity contribution is 0.0302. The summed E-state index contributed by atoms with van der Waals surface area (Å²) >= 11 is 0. The Morgan fingerprint density at radius 2 is 1.84 bits per heavy atom. The molecule has 0 spiro atoms. The molecule has 10 heteroatoms. The summed E-state index contributed by atoms with van der Waals surface area (Å²) in [5.74, 6) is 1.14. The van der Waals surface area contributed by atoms with Gasteiger partial charge in [-0.2, -0.15) is 5.10 Å². The van der Waals surface area contributed by atoms with Crippen LogP contribution in [0.1, 0.15) is 16.2 Å². The van der Waals surface area contributed by atoms with Crippen LogP contribution in [0.25, 0.3) is 27.7 Å². The zero-order chi connectivity index (χ0) is 25.2. The summed E-state index contributed by atoms with van der Waals surface area (Å²) < 4.78 is 7.10. The number of hydrogen-bond acceptors (Lipinski definition) is 8. The van der Waals surface area contributed by atoms with Crippen LogP contribution in [0.5, 0.6) is 0 Å². The molecule has 10 nitrogen and oxygen atoms in total. The number of ether oxygens (including phenoxy) is 1. The number of aromatic nitrogens is 6. The minimum atomic E-state index is -0.0423. The van der Waals surface area contributed by atoms with Crippen LogP contribution in [-0.2, 0) is 4.74 Å². The molecule has 2 aromatic carbocycles. The Morgan fingerprint density at radius 1 is 1.00 bits per heavy atom. The van der Waals surface area contributed by atoms with E-state index >= 15 is 0 Å². The van der Waals surface area contributed by atoms with E-state index in [0.717, 1.165) is 33.4 Å². The molecule has 0 atom stereocenters. The molecule has 5 aromatic rings. The average Bonchev–Trinajstić information content (AvgIpc) is 3.39. The van der Waals surface area contributed by atoms with Gasteiger partial charge in [0.05, 0.1) is 30.0 Å². The lowest BCUT2D eigenvalue weighted by Gasteiger charge is -2.26. The van der Waals surface area contributed by atoms with Gasteiger partial charge in [-0.1, -0.05) is 18.2 Å². The molecule has 6 rings (SSSR count). The molecule has 3 aromatic heterocycles. The van der Waals surface area contributed by atoms with Gasteiger partial charge >= 0.3 is 0 Å². The molecule has 0 radical (unpaired) electrons. The van der Waals surface area contributed by atoms with Crippen molar-refractivity contribution in [1.29, 1.82) is 0 Å². The molecule has 37 heavy (non-hydrogen) atoms. The number of fused-ring (bicyclic) bond motifs is 1. The van der Waals surface area contributed by atoms with Gasteiger partial charge in [0.2, 0.25) is 5.95 Å². The predicted molar refractivity (Wildman–Crippen MR) is 139 cm³/mol. The van der Waals surface area contributed by atoms with Crippen LogP contribution in [-0.4, -0.2) is 66.8 Å². The summed E-state index contributed by atoms with van der Waals surface area (Å²) in [7, 11) is 0. The second-order valence-electron chi connectivity index (χ2n) is 8.71. The average molecular weight is 493 g/mol. The molecule has 1 amide bonds. The Balaban J connectivity index is 1.28. The van der Waals surface area contributed by atoms with E-state index in [1.54, 1.807) is 34.5 Å². The summed E-state index contributed by atoms with van der Waals surface area (Å²) in [6, 6.07) is 15.6. The van der Waals surface area contributed by atoms with Crippen molar-refractivity contribution in [2.45, 2.75) is 6.92 Å². The van der Waals surface area contributed by atoms with Crippen LogP contribution in [0.2, 0.25) is 0 Å². The zero-order valence-corrected chi connectivity index (χ0v) is 20.2. The number of carbonyl (C=O) groups excluding carboxylic acids is 1. The van der Waals surface area contributed by atoms with E-state index in [1.165, 1.54) is 0 Å². The van der Waals surface area contributed by atoms with E-state index in [-0.39, 0.29) is 5.91 Å². The fraction of sp³-hybridized carbons (Fsp3) is 0.185. The lowest BCUT2D eigenvalue weighted by atomic mass is 10.0. The molecule has 1 saturated heterocycles. The number of morpholine rings is 1. The van der Waals surface area contributed by atoms with Gasteiger partial charge in [0.1, 0.15) is 12.2 Å². The molecular formula is C27H24N8O2. The Labute approximate surface area is 213 Å². The molecule has 1 aliphatic heterocycles. The minimum absolute atomic E-state index is 0.0423. The van der Waals surface area contributed by atoms with E-state index in [4.69, 9.17) is 9.72 Å². The highest BCUT2D eigenvalue weighted by Gasteiger charge is 2.19. The SMILES string of the molecule is Cc1ncn(-c2ccc(Nc3ncc4cccc(-c5cncc(C(=O)N6CCOCC6)c5)c4n3)cc2)n1. The maximum absolute atomic E-state index is 13.0. The molecule has 1 aliphatic rings. The topological polar surface area (TPSA) is 111 Å². The highest BCUT2D eigenvalue weighted by atomic mass is 16.5. The van der Waals surface area contributed by atoms with Crippen LogP contribution in [0.4, 0.5) is 11.6 Å². The highest BCUT2D eigenvalue weighted by molar-refractivity contribution is 5.98. The summed E-state index contributed by atoms with van der Waals surface area (Å²) in [4.78, 5) is 32.6. The van der Waals surface area contributed by atoms with Crippen molar-refractivity contribution in [3.05, 3.63) is 84.8 Å². The fourth-order valence-corrected chi connectivity index (χ4v) is 4.30. The van der Waals surface area contributed by atoms with Crippen molar-refractivity contribution in [3.8, 4) is 16.8 Å². The maximum atomic E-state index is 13.0. The molecule has 0 unspecified atom stereocenters. The lowest BCUT2D eigenvalue weighted by Crippen LogP contribution is -2.40. The van der Waals surface area contributed by atoms with Gasteiger partial charge in [0, 0.05) is 53.9 Å². The van der Waals surface area contributed by atoms with E-state index in [1.807, 2.05) is 55.5 Å². The summed E-state index contributed by atoms with van der Waals surface area (Å²) in [5.41, 5.74) is 4.77. The number of rotatable bonds is 5. The molecule has 0 saturated carbocycles. The summed E-state index contributed by atoms with van der Waals surface area (Å²) in [6.07, 6.45) is 6.84. The number of carbonyl (C=O) groups is 1. The number of amides is 1. The molecule has 184 valence electrons. The van der Waals surface area contributed by atoms with Crippen LogP contribution in [0, 0.1) is 6.92 Å². The van der Waals surface area contributed by atoms with Gasteiger partial charge < -0.3 is 15.0 Å². The molecule has 1 fully saturated rings. The third kappa shape index (κ3) is 4.74. The monoisotopic (exact) mass is 492 g/mol. The molecule has 0 bridgehead atoms. The van der Waals surface area contributed by atoms with Gasteiger partial charge in [-0.05, 0) is 37.3 Å².